The Bertz CT molecular complexity index is 1060. The second kappa shape index (κ2) is 6.76. The Labute approximate surface area is 155 Å². The Morgan fingerprint density at radius 2 is 1.54 bits per heavy atom. The maximum Gasteiger partial charge on any atom is 0.194 e. The smallest absolute Gasteiger partial charge is 0.194 e. The van der Waals surface area contributed by atoms with E-state index in [1.54, 1.807) is 6.08 Å². The van der Waals surface area contributed by atoms with E-state index in [0.29, 0.717) is 5.57 Å². The zero-order valence-corrected chi connectivity index (χ0v) is 15.9. The molecule has 3 rings (SSSR count). The molecule has 1 aliphatic carbocycles. The summed E-state index contributed by atoms with van der Waals surface area (Å²) >= 11 is 0. The Morgan fingerprint density at radius 1 is 0.846 bits per heavy atom. The van der Waals surface area contributed by atoms with Crippen LogP contribution in [0.1, 0.15) is 52.0 Å². The van der Waals surface area contributed by atoms with Crippen molar-refractivity contribution in [3.63, 3.8) is 0 Å². The Balaban J connectivity index is 2.52. The number of fused-ring (bicyclic) bond motifs is 3. The predicted molar refractivity (Wildman–Crippen MR) is 114 cm³/mol. The Kier molecular flexibility index (Phi) is 4.65. The van der Waals surface area contributed by atoms with Gasteiger partial charge in [-0.25, -0.2) is 0 Å². The zero-order valence-electron chi connectivity index (χ0n) is 15.9. The second-order valence-corrected chi connectivity index (χ2v) is 6.55. The van der Waals surface area contributed by atoms with Gasteiger partial charge in [0.2, 0.25) is 0 Å². The molecule has 1 nitrogen and oxygen atoms in total. The van der Waals surface area contributed by atoms with E-state index >= 15 is 0 Å². The summed E-state index contributed by atoms with van der Waals surface area (Å²) in [5.41, 5.74) is 7.96. The topological polar surface area (TPSA) is 17.1 Å². The summed E-state index contributed by atoms with van der Waals surface area (Å²) in [7, 11) is 0. The molecule has 1 heteroatoms. The van der Waals surface area contributed by atoms with Crippen LogP contribution in [0.25, 0.3) is 28.5 Å². The van der Waals surface area contributed by atoms with E-state index in [-0.39, 0.29) is 5.78 Å². The average Bonchev–Trinajstić information content (AvgIpc) is 2.91. The molecule has 0 bridgehead atoms. The van der Waals surface area contributed by atoms with Gasteiger partial charge >= 0.3 is 0 Å². The molecular weight excluding hydrogens is 316 g/mol. The second-order valence-electron chi connectivity index (χ2n) is 6.55. The number of rotatable bonds is 4. The molecule has 0 heterocycles. The zero-order chi connectivity index (χ0) is 19.0. The molecule has 26 heavy (non-hydrogen) atoms. The van der Waals surface area contributed by atoms with Crippen molar-refractivity contribution in [2.75, 3.05) is 0 Å². The monoisotopic (exact) mass is 340 g/mol. The standard InChI is InChI=1S/C25H24O/c1-7-11-19-15(5)20-13-14-22-21(12-8-2)18(10-4)25(26)24(22)23(20)16(6)17(19)9-3/h7-14H,3-4H2,1-2,5-6H3/b11-7-,12-8-. The predicted octanol–water partition coefficient (Wildman–Crippen LogP) is 6.84. The summed E-state index contributed by atoms with van der Waals surface area (Å²) in [4.78, 5) is 13.2. The molecule has 0 saturated carbocycles. The van der Waals surface area contributed by atoms with Gasteiger partial charge in [-0.05, 0) is 71.9 Å². The van der Waals surface area contributed by atoms with E-state index in [0.717, 1.165) is 38.6 Å². The summed E-state index contributed by atoms with van der Waals surface area (Å²) in [5.74, 6) is 0.0602. The Hall–Kier alpha value is -2.93. The summed E-state index contributed by atoms with van der Waals surface area (Å²) in [6, 6.07) is 4.21. The Morgan fingerprint density at radius 3 is 2.12 bits per heavy atom. The molecule has 0 N–H and O–H groups in total. The van der Waals surface area contributed by atoms with Crippen molar-refractivity contribution in [1.82, 2.24) is 0 Å². The van der Waals surface area contributed by atoms with Crippen molar-refractivity contribution in [1.29, 1.82) is 0 Å². The van der Waals surface area contributed by atoms with Gasteiger partial charge in [-0.3, -0.25) is 4.79 Å². The molecule has 0 aliphatic heterocycles. The molecule has 0 aromatic heterocycles. The van der Waals surface area contributed by atoms with Gasteiger partial charge in [-0.2, -0.15) is 0 Å². The van der Waals surface area contributed by atoms with Crippen LogP contribution in [0, 0.1) is 13.8 Å². The van der Waals surface area contributed by atoms with Crippen molar-refractivity contribution in [2.24, 2.45) is 0 Å². The molecule has 0 amide bonds. The highest BCUT2D eigenvalue weighted by atomic mass is 16.1. The normalized spacial score (nSPS) is 14.1. The van der Waals surface area contributed by atoms with E-state index in [1.807, 2.05) is 38.2 Å². The van der Waals surface area contributed by atoms with Gasteiger partial charge in [0.25, 0.3) is 0 Å². The van der Waals surface area contributed by atoms with Crippen LogP contribution in [-0.2, 0) is 0 Å². The lowest BCUT2D eigenvalue weighted by molar-refractivity contribution is 0.104. The van der Waals surface area contributed by atoms with Crippen LogP contribution >= 0.6 is 0 Å². The van der Waals surface area contributed by atoms with Crippen LogP contribution in [0.3, 0.4) is 0 Å². The highest BCUT2D eigenvalue weighted by molar-refractivity contribution is 6.29. The first-order valence-corrected chi connectivity index (χ1v) is 8.91. The lowest BCUT2D eigenvalue weighted by Crippen LogP contribution is -2.03. The van der Waals surface area contributed by atoms with Crippen molar-refractivity contribution in [2.45, 2.75) is 27.7 Å². The first-order valence-electron chi connectivity index (χ1n) is 8.91. The van der Waals surface area contributed by atoms with Crippen LogP contribution < -0.4 is 0 Å². The minimum absolute atomic E-state index is 0.0602. The van der Waals surface area contributed by atoms with Gasteiger partial charge in [0.15, 0.2) is 5.78 Å². The van der Waals surface area contributed by atoms with Crippen molar-refractivity contribution >= 4 is 34.3 Å². The number of carbonyl (C=O) groups excluding carboxylic acids is 1. The third-order valence-electron chi connectivity index (χ3n) is 5.21. The molecule has 130 valence electrons. The van der Waals surface area contributed by atoms with Crippen LogP contribution in [0.5, 0.6) is 0 Å². The average molecular weight is 340 g/mol. The van der Waals surface area contributed by atoms with E-state index < -0.39 is 0 Å². The molecule has 0 spiro atoms. The van der Waals surface area contributed by atoms with Gasteiger partial charge in [0.05, 0.1) is 0 Å². The van der Waals surface area contributed by atoms with E-state index in [1.165, 1.54) is 11.1 Å². The number of benzene rings is 2. The maximum atomic E-state index is 13.2. The van der Waals surface area contributed by atoms with Crippen molar-refractivity contribution in [3.05, 3.63) is 88.5 Å². The highest BCUT2D eigenvalue weighted by Gasteiger charge is 2.30. The molecule has 0 unspecified atom stereocenters. The van der Waals surface area contributed by atoms with Crippen molar-refractivity contribution in [3.8, 4) is 0 Å². The lowest BCUT2D eigenvalue weighted by atomic mass is 9.86. The molecule has 0 atom stereocenters. The van der Waals surface area contributed by atoms with E-state index in [2.05, 4.69) is 45.2 Å². The molecule has 2 aromatic rings. The van der Waals surface area contributed by atoms with Crippen LogP contribution in [0.2, 0.25) is 0 Å². The molecule has 2 aromatic carbocycles. The number of carbonyl (C=O) groups is 1. The van der Waals surface area contributed by atoms with Crippen molar-refractivity contribution < 1.29 is 4.79 Å². The van der Waals surface area contributed by atoms with Crippen LogP contribution in [0.4, 0.5) is 0 Å². The number of hydrogen-bond donors (Lipinski definition) is 0. The minimum Gasteiger partial charge on any atom is -0.289 e. The quantitative estimate of drug-likeness (QED) is 0.595. The number of ketones is 1. The third-order valence-corrected chi connectivity index (χ3v) is 5.21. The summed E-state index contributed by atoms with van der Waals surface area (Å²) in [6.45, 7) is 16.1. The number of aryl methyl sites for hydroxylation is 2. The number of hydrogen-bond acceptors (Lipinski definition) is 1. The largest absolute Gasteiger partial charge is 0.289 e. The van der Waals surface area contributed by atoms with Crippen LogP contribution in [-0.4, -0.2) is 5.78 Å². The summed E-state index contributed by atoms with van der Waals surface area (Å²) in [6.07, 6.45) is 11.7. The molecular formula is C25H24O. The highest BCUT2D eigenvalue weighted by Crippen LogP contribution is 2.42. The minimum atomic E-state index is 0.0602. The summed E-state index contributed by atoms with van der Waals surface area (Å²) in [5, 5.41) is 2.16. The molecule has 0 saturated heterocycles. The van der Waals surface area contributed by atoms with Crippen LogP contribution in [0.15, 0.2) is 55.2 Å². The van der Waals surface area contributed by atoms with Gasteiger partial charge in [0.1, 0.15) is 0 Å². The van der Waals surface area contributed by atoms with E-state index in [4.69, 9.17) is 0 Å². The van der Waals surface area contributed by atoms with Gasteiger partial charge in [-0.15, -0.1) is 0 Å². The van der Waals surface area contributed by atoms with E-state index in [9.17, 15) is 4.79 Å². The third kappa shape index (κ3) is 2.35. The first kappa shape index (κ1) is 17.9. The fourth-order valence-electron chi connectivity index (χ4n) is 4.04. The molecule has 0 fully saturated rings. The van der Waals surface area contributed by atoms with Gasteiger partial charge in [0, 0.05) is 11.1 Å². The fraction of sp³-hybridized carbons (Fsp3) is 0.160. The number of Topliss-reactive ketones (excluding diaryl/α,β-unsaturated/α-hetero) is 1. The number of allylic oxidation sites excluding steroid dienone is 6. The lowest BCUT2D eigenvalue weighted by Gasteiger charge is -2.17. The SMILES string of the molecule is C=CC1=C(/C=C\C)c2ccc3c(C)c(/C=C\C)c(C=C)c(C)c3c2C1=O. The first-order chi connectivity index (χ1) is 12.5. The van der Waals surface area contributed by atoms with Gasteiger partial charge < -0.3 is 0 Å². The summed E-state index contributed by atoms with van der Waals surface area (Å²) < 4.78 is 0. The fourth-order valence-corrected chi connectivity index (χ4v) is 4.04. The van der Waals surface area contributed by atoms with Gasteiger partial charge in [-0.1, -0.05) is 61.7 Å². The molecule has 0 radical (unpaired) electrons. The maximum absolute atomic E-state index is 13.2. The molecule has 1 aliphatic rings.